The Morgan fingerprint density at radius 3 is 2.89 bits per heavy atom. The van der Waals surface area contributed by atoms with Gasteiger partial charge in [-0.05, 0) is 0 Å². The van der Waals surface area contributed by atoms with E-state index in [1.165, 1.54) is 0 Å². The number of ether oxygens (including phenoxy) is 1. The number of aliphatic hydroxyl groups excluding tert-OH is 1. The zero-order valence-corrected chi connectivity index (χ0v) is 4.71. The summed E-state index contributed by atoms with van der Waals surface area (Å²) in [5.74, 6) is -0.786. The van der Waals surface area contributed by atoms with Gasteiger partial charge in [-0.25, -0.2) is 9.18 Å². The molecule has 0 amide bonds. The van der Waals surface area contributed by atoms with Gasteiger partial charge in [-0.3, -0.25) is 0 Å². The van der Waals surface area contributed by atoms with E-state index in [1.54, 1.807) is 0 Å². The van der Waals surface area contributed by atoms with Crippen LogP contribution in [0.4, 0.5) is 4.39 Å². The molecule has 52 valence electrons. The zero-order chi connectivity index (χ0) is 7.11. The highest BCUT2D eigenvalue weighted by Gasteiger charge is 1.92. The highest BCUT2D eigenvalue weighted by molar-refractivity contribution is 5.81. The van der Waals surface area contributed by atoms with Crippen LogP contribution in [0.25, 0.3) is 0 Å². The summed E-state index contributed by atoms with van der Waals surface area (Å²) in [6.07, 6.45) is 0.718. The number of hydrogen-bond acceptors (Lipinski definition) is 3. The van der Waals surface area contributed by atoms with Crippen LogP contribution in [0.1, 0.15) is 0 Å². The lowest BCUT2D eigenvalue weighted by Gasteiger charge is -1.94. The quantitative estimate of drug-likeness (QED) is 0.436. The fraction of sp³-hybridized carbons (Fsp3) is 0.400. The molecule has 0 aliphatic rings. The maximum atomic E-state index is 11.1. The number of hydrogen-bond donors (Lipinski definition) is 1. The normalized spacial score (nSPS) is 10.0. The summed E-state index contributed by atoms with van der Waals surface area (Å²) in [6, 6.07) is 0. The van der Waals surface area contributed by atoms with E-state index in [4.69, 9.17) is 5.11 Å². The molecular weight excluding hydrogens is 127 g/mol. The first-order valence-electron chi connectivity index (χ1n) is 2.35. The van der Waals surface area contributed by atoms with E-state index < -0.39 is 5.97 Å². The molecule has 1 N–H and O–H groups in total. The van der Waals surface area contributed by atoms with E-state index in [0.717, 1.165) is 0 Å². The van der Waals surface area contributed by atoms with Crippen molar-refractivity contribution < 1.29 is 19.0 Å². The van der Waals surface area contributed by atoms with Gasteiger partial charge < -0.3 is 9.84 Å². The van der Waals surface area contributed by atoms with Gasteiger partial charge in [0, 0.05) is 0 Å². The van der Waals surface area contributed by atoms with Gasteiger partial charge in [0.05, 0.1) is 19.0 Å². The molecular formula is C5H7FO3. The Hall–Kier alpha value is -0.900. The van der Waals surface area contributed by atoms with Gasteiger partial charge in [0.15, 0.2) is 0 Å². The third kappa shape index (κ3) is 4.96. The van der Waals surface area contributed by atoms with Crippen molar-refractivity contribution in [3.05, 3.63) is 12.4 Å². The van der Waals surface area contributed by atoms with E-state index in [0.29, 0.717) is 6.08 Å². The van der Waals surface area contributed by atoms with Crippen molar-refractivity contribution in [1.82, 2.24) is 0 Å². The Kier molecular flexibility index (Phi) is 4.72. The predicted molar refractivity (Wildman–Crippen MR) is 28.3 cm³/mol. The zero-order valence-electron chi connectivity index (χ0n) is 4.71. The fourth-order valence-corrected chi connectivity index (χ4v) is 0.246. The molecule has 0 unspecified atom stereocenters. The lowest BCUT2D eigenvalue weighted by atomic mass is 10.6. The second-order valence-electron chi connectivity index (χ2n) is 1.18. The lowest BCUT2D eigenvalue weighted by molar-refractivity contribution is -0.138. The minimum absolute atomic E-state index is 0.0830. The first-order chi connectivity index (χ1) is 4.31. The third-order valence-electron chi connectivity index (χ3n) is 0.535. The van der Waals surface area contributed by atoms with Gasteiger partial charge in [0.25, 0.3) is 0 Å². The van der Waals surface area contributed by atoms with Crippen molar-refractivity contribution in [3.63, 3.8) is 0 Å². The molecule has 0 atom stereocenters. The minimum Gasteiger partial charge on any atom is -0.460 e. The molecule has 0 aromatic rings. The second kappa shape index (κ2) is 5.24. The third-order valence-corrected chi connectivity index (χ3v) is 0.535. The van der Waals surface area contributed by atoms with Crippen LogP contribution >= 0.6 is 0 Å². The Labute approximate surface area is 51.7 Å². The Balaban J connectivity index is 3.27. The lowest BCUT2D eigenvalue weighted by Crippen LogP contribution is -2.04. The Morgan fingerprint density at radius 2 is 2.44 bits per heavy atom. The molecule has 0 aromatic carbocycles. The molecule has 9 heavy (non-hydrogen) atoms. The highest BCUT2D eigenvalue weighted by atomic mass is 19.1. The highest BCUT2D eigenvalue weighted by Crippen LogP contribution is 1.80. The van der Waals surface area contributed by atoms with E-state index >= 15 is 0 Å². The van der Waals surface area contributed by atoms with Crippen LogP contribution in [0.15, 0.2) is 12.4 Å². The summed E-state index contributed by atoms with van der Waals surface area (Å²) < 4.78 is 15.3. The number of esters is 1. The number of carbonyl (C=O) groups excluding carboxylic acids is 1. The Bertz CT molecular complexity index is 111. The van der Waals surface area contributed by atoms with Gasteiger partial charge in [-0.15, -0.1) is 0 Å². The summed E-state index contributed by atoms with van der Waals surface area (Å²) >= 11 is 0. The van der Waals surface area contributed by atoms with Gasteiger partial charge in [0.2, 0.25) is 0 Å². The molecule has 0 aliphatic carbocycles. The second-order valence-corrected chi connectivity index (χ2v) is 1.18. The molecule has 0 bridgehead atoms. The number of carbonyl (C=O) groups is 1. The van der Waals surface area contributed by atoms with Crippen LogP contribution in [-0.4, -0.2) is 24.3 Å². The molecule has 3 nitrogen and oxygen atoms in total. The maximum Gasteiger partial charge on any atom is 0.333 e. The molecule has 0 rings (SSSR count). The summed E-state index contributed by atoms with van der Waals surface area (Å²) in [6.45, 7) is -0.338. The van der Waals surface area contributed by atoms with Gasteiger partial charge in [0.1, 0.15) is 6.61 Å². The summed E-state index contributed by atoms with van der Waals surface area (Å²) in [7, 11) is 0. The largest absolute Gasteiger partial charge is 0.460 e. The van der Waals surface area contributed by atoms with Crippen molar-refractivity contribution in [3.8, 4) is 0 Å². The first-order valence-corrected chi connectivity index (χ1v) is 2.35. The van der Waals surface area contributed by atoms with Crippen LogP contribution < -0.4 is 0 Å². The van der Waals surface area contributed by atoms with Crippen molar-refractivity contribution in [2.45, 2.75) is 0 Å². The monoisotopic (exact) mass is 134 g/mol. The minimum atomic E-state index is -0.786. The van der Waals surface area contributed by atoms with E-state index in [2.05, 4.69) is 4.74 Å². The molecule has 0 heterocycles. The van der Waals surface area contributed by atoms with Gasteiger partial charge in [-0.1, -0.05) is 0 Å². The predicted octanol–water partition coefficient (Wildman–Crippen LogP) is 0.00510. The fourth-order valence-electron chi connectivity index (χ4n) is 0.246. The molecule has 0 saturated heterocycles. The van der Waals surface area contributed by atoms with E-state index in [1.807, 2.05) is 0 Å². The van der Waals surface area contributed by atoms with Gasteiger partial charge in [-0.2, -0.15) is 0 Å². The summed E-state index contributed by atoms with van der Waals surface area (Å²) in [5.41, 5.74) is 0. The maximum absolute atomic E-state index is 11.1. The summed E-state index contributed by atoms with van der Waals surface area (Å²) in [4.78, 5) is 10.1. The van der Waals surface area contributed by atoms with Crippen LogP contribution in [0.5, 0.6) is 0 Å². The molecule has 4 heteroatoms. The first kappa shape index (κ1) is 8.10. The molecule has 0 aliphatic heterocycles. The molecule has 0 aromatic heterocycles. The summed E-state index contributed by atoms with van der Waals surface area (Å²) in [5, 5.41) is 8.09. The molecule has 0 fully saturated rings. The standard InChI is InChI=1S/C5H7FO3/c6-2-1-5(8)9-4-3-7/h1-2,7H,3-4H2. The smallest absolute Gasteiger partial charge is 0.333 e. The number of rotatable bonds is 3. The molecule has 0 radical (unpaired) electrons. The topological polar surface area (TPSA) is 46.5 Å². The van der Waals surface area contributed by atoms with E-state index in [-0.39, 0.29) is 19.5 Å². The molecule has 0 saturated carbocycles. The van der Waals surface area contributed by atoms with Crippen LogP contribution in [0.2, 0.25) is 0 Å². The van der Waals surface area contributed by atoms with Crippen LogP contribution in [0.3, 0.4) is 0 Å². The molecule has 0 spiro atoms. The Morgan fingerprint density at radius 1 is 1.78 bits per heavy atom. The van der Waals surface area contributed by atoms with E-state index in [9.17, 15) is 9.18 Å². The van der Waals surface area contributed by atoms with Crippen molar-refractivity contribution in [2.75, 3.05) is 13.2 Å². The number of halogens is 1. The van der Waals surface area contributed by atoms with Crippen molar-refractivity contribution in [2.24, 2.45) is 0 Å². The van der Waals surface area contributed by atoms with Crippen LogP contribution in [0, 0.1) is 0 Å². The van der Waals surface area contributed by atoms with Crippen LogP contribution in [-0.2, 0) is 9.53 Å². The van der Waals surface area contributed by atoms with Gasteiger partial charge >= 0.3 is 5.97 Å². The number of aliphatic hydroxyl groups is 1. The average Bonchev–Trinajstić information content (AvgIpc) is 1.85. The van der Waals surface area contributed by atoms with Crippen molar-refractivity contribution >= 4 is 5.97 Å². The average molecular weight is 134 g/mol. The van der Waals surface area contributed by atoms with Crippen molar-refractivity contribution in [1.29, 1.82) is 0 Å². The SMILES string of the molecule is O=C(C=CF)OCCO.